The van der Waals surface area contributed by atoms with Gasteiger partial charge >= 0.3 is 5.97 Å². The van der Waals surface area contributed by atoms with Crippen molar-refractivity contribution in [2.75, 3.05) is 20.7 Å². The van der Waals surface area contributed by atoms with Gasteiger partial charge < -0.3 is 15.4 Å². The van der Waals surface area contributed by atoms with Gasteiger partial charge in [0.1, 0.15) is 11.6 Å². The van der Waals surface area contributed by atoms with Gasteiger partial charge in [0, 0.05) is 5.56 Å². The highest BCUT2D eigenvalue weighted by Gasteiger charge is 2.32. The lowest BCUT2D eigenvalue weighted by molar-refractivity contribution is -0.495. The van der Waals surface area contributed by atoms with Gasteiger partial charge in [0.25, 0.3) is 5.91 Å². The molecule has 10 heteroatoms. The Morgan fingerprint density at radius 1 is 1.12 bits per heavy atom. The van der Waals surface area contributed by atoms with Gasteiger partial charge in [-0.15, -0.1) is 0 Å². The van der Waals surface area contributed by atoms with E-state index < -0.39 is 48.4 Å². The third kappa shape index (κ3) is 7.63. The maximum Gasteiger partial charge on any atom is 0.307 e. The second kappa shape index (κ2) is 14.4. The highest BCUT2D eigenvalue weighted by molar-refractivity contribution is 6.27. The topological polar surface area (TPSA) is 99.9 Å². The first-order valence-electron chi connectivity index (χ1n) is 13.8. The smallest absolute Gasteiger partial charge is 0.307 e. The zero-order valence-corrected chi connectivity index (χ0v) is 24.8. The normalized spacial score (nSPS) is 15.7. The van der Waals surface area contributed by atoms with Crippen molar-refractivity contribution in [3.8, 4) is 11.1 Å². The Hall–Kier alpha value is -4.47. The van der Waals surface area contributed by atoms with Crippen LogP contribution in [0.5, 0.6) is 0 Å². The first-order chi connectivity index (χ1) is 20.0. The van der Waals surface area contributed by atoms with Crippen molar-refractivity contribution >= 4 is 29.7 Å². The zero-order valence-electron chi connectivity index (χ0n) is 24.8. The number of hydrogen-bond donors (Lipinski definition) is 2. The van der Waals surface area contributed by atoms with Gasteiger partial charge in [-0.1, -0.05) is 55.3 Å². The second-order valence-electron chi connectivity index (χ2n) is 10.1. The monoisotopic (exact) mass is 579 g/mol. The summed E-state index contributed by atoms with van der Waals surface area (Å²) in [4.78, 5) is 37.8. The number of benzene rings is 2. The van der Waals surface area contributed by atoms with Crippen molar-refractivity contribution in [3.63, 3.8) is 0 Å². The van der Waals surface area contributed by atoms with Crippen molar-refractivity contribution < 1.29 is 32.6 Å². The molecule has 222 valence electrons. The number of nitrogens with zero attached hydrogens (tertiary/aromatic N) is 2. The van der Waals surface area contributed by atoms with Crippen molar-refractivity contribution in [2.24, 2.45) is 11.0 Å². The number of fused-ring (bicyclic) bond motifs is 1. The number of methoxy groups -OCH3 is 1. The number of nitrogens with one attached hydrogen (secondary N) is 2. The average Bonchev–Trinajstić information content (AvgIpc) is 3.33. The summed E-state index contributed by atoms with van der Waals surface area (Å²) in [5, 5.41) is 9.40. The Kier molecular flexibility index (Phi) is 11.0. The predicted molar refractivity (Wildman–Crippen MR) is 158 cm³/mol. The van der Waals surface area contributed by atoms with Crippen molar-refractivity contribution in [2.45, 2.75) is 46.6 Å². The summed E-state index contributed by atoms with van der Waals surface area (Å²) >= 11 is 0. The van der Waals surface area contributed by atoms with Crippen LogP contribution in [0.1, 0.15) is 49.4 Å². The van der Waals surface area contributed by atoms with Crippen LogP contribution < -0.4 is 10.6 Å². The van der Waals surface area contributed by atoms with Gasteiger partial charge in [0.2, 0.25) is 5.91 Å². The fourth-order valence-electron chi connectivity index (χ4n) is 4.76. The van der Waals surface area contributed by atoms with Crippen LogP contribution in [0.3, 0.4) is 0 Å². The molecular weight excluding hydrogens is 542 g/mol. The summed E-state index contributed by atoms with van der Waals surface area (Å²) in [6, 6.07) is 6.83. The van der Waals surface area contributed by atoms with E-state index in [4.69, 9.17) is 4.74 Å². The molecule has 0 spiro atoms. The van der Waals surface area contributed by atoms with Gasteiger partial charge in [-0.05, 0) is 59.4 Å². The van der Waals surface area contributed by atoms with E-state index in [-0.39, 0.29) is 11.5 Å². The Morgan fingerprint density at radius 2 is 1.79 bits per heavy atom. The van der Waals surface area contributed by atoms with E-state index in [1.54, 1.807) is 23.9 Å². The molecule has 1 aliphatic heterocycles. The lowest BCUT2D eigenvalue weighted by Crippen LogP contribution is -2.41. The molecule has 2 aromatic rings. The lowest BCUT2D eigenvalue weighted by atomic mass is 9.92. The molecule has 0 bridgehead atoms. The summed E-state index contributed by atoms with van der Waals surface area (Å²) in [7, 11) is 2.91. The predicted octanol–water partition coefficient (Wildman–Crippen LogP) is 4.70. The molecule has 0 radical (unpaired) electrons. The summed E-state index contributed by atoms with van der Waals surface area (Å²) in [6.45, 7) is 7.50. The molecule has 0 fully saturated rings. The van der Waals surface area contributed by atoms with E-state index in [0.717, 1.165) is 29.9 Å². The van der Waals surface area contributed by atoms with Crippen LogP contribution in [0.15, 0.2) is 59.2 Å². The van der Waals surface area contributed by atoms with Crippen LogP contribution in [0.4, 0.5) is 8.78 Å². The van der Waals surface area contributed by atoms with Crippen LogP contribution in [0.2, 0.25) is 0 Å². The minimum absolute atomic E-state index is 0.138. The van der Waals surface area contributed by atoms with Gasteiger partial charge in [-0.25, -0.2) is 8.78 Å². The lowest BCUT2D eigenvalue weighted by Gasteiger charge is -2.21. The number of aryl methyl sites for hydroxylation is 2. The molecule has 8 nitrogen and oxygen atoms in total. The Morgan fingerprint density at radius 3 is 2.43 bits per heavy atom. The second-order valence-corrected chi connectivity index (χ2v) is 10.1. The molecule has 2 amide bonds. The summed E-state index contributed by atoms with van der Waals surface area (Å²) in [6.07, 6.45) is 7.88. The Balaban J connectivity index is 0.00000155. The van der Waals surface area contributed by atoms with Crippen LogP contribution in [0.25, 0.3) is 11.1 Å². The molecule has 2 aliphatic rings. The Labute approximate surface area is 244 Å². The molecule has 2 aromatic carbocycles. The molecule has 1 heterocycles. The van der Waals surface area contributed by atoms with Gasteiger partial charge in [0.15, 0.2) is 24.9 Å². The SMILES string of the molecule is CCC.COC(=O)CC(NC(=O)CNC(=O)C1=CC=CC2C=[N+](C)N=C12)c1cc(-c2c(C)cccc2C)cc(F)c1F. The minimum Gasteiger partial charge on any atom is -0.469 e. The molecule has 2 unspecified atom stereocenters. The largest absolute Gasteiger partial charge is 0.469 e. The number of carbonyl (C=O) groups is 3. The number of carbonyl (C=O) groups excluding carboxylic acids is 3. The third-order valence-electron chi connectivity index (χ3n) is 6.60. The van der Waals surface area contributed by atoms with Crippen molar-refractivity contribution in [1.29, 1.82) is 0 Å². The number of amides is 2. The quantitative estimate of drug-likeness (QED) is 0.350. The van der Waals surface area contributed by atoms with Crippen LogP contribution in [-0.4, -0.2) is 55.1 Å². The maximum absolute atomic E-state index is 15.1. The van der Waals surface area contributed by atoms with Crippen molar-refractivity contribution in [3.05, 3.63) is 82.5 Å². The number of esters is 1. The van der Waals surface area contributed by atoms with Crippen LogP contribution in [0, 0.1) is 31.4 Å². The van der Waals surface area contributed by atoms with Crippen LogP contribution >= 0.6 is 0 Å². The molecule has 1 aliphatic carbocycles. The van der Waals surface area contributed by atoms with E-state index in [1.807, 2.05) is 44.3 Å². The van der Waals surface area contributed by atoms with Gasteiger partial charge in [0.05, 0.1) is 31.7 Å². The number of halogens is 2. The molecule has 2 N–H and O–H groups in total. The van der Waals surface area contributed by atoms with E-state index in [2.05, 4.69) is 29.6 Å². The van der Waals surface area contributed by atoms with E-state index >= 15 is 4.39 Å². The van der Waals surface area contributed by atoms with E-state index in [1.165, 1.54) is 12.5 Å². The van der Waals surface area contributed by atoms with Gasteiger partial charge in [-0.3, -0.25) is 14.4 Å². The van der Waals surface area contributed by atoms with E-state index in [9.17, 15) is 18.8 Å². The average molecular weight is 580 g/mol. The molecule has 42 heavy (non-hydrogen) atoms. The number of hydrazone groups is 1. The van der Waals surface area contributed by atoms with Crippen molar-refractivity contribution in [1.82, 2.24) is 10.6 Å². The summed E-state index contributed by atoms with van der Waals surface area (Å²) in [5.74, 6) is -4.38. The molecule has 4 rings (SSSR count). The first-order valence-corrected chi connectivity index (χ1v) is 13.8. The molecule has 0 saturated carbocycles. The number of hydrogen-bond acceptors (Lipinski definition) is 5. The highest BCUT2D eigenvalue weighted by Crippen LogP contribution is 2.33. The molecule has 2 atom stereocenters. The molecule has 0 saturated heterocycles. The zero-order chi connectivity index (χ0) is 31.0. The minimum atomic E-state index is -1.25. The molecular formula is C32H37F2N4O4+. The third-order valence-corrected chi connectivity index (χ3v) is 6.60. The summed E-state index contributed by atoms with van der Waals surface area (Å²) in [5.41, 5.74) is 3.50. The standard InChI is InChI=1S/C29H28F2N4O4.C3H8/c1-16-7-5-8-17(2)26(16)19-11-21(27(31)22(30)12-19)23(13-25(37)39-4)33-24(36)14-32-29(38)20-10-6-9-18-15-35(3)34-28(18)20;1-3-2/h5-12,15,18,23H,13-14H2,1-4H3,(H-,32,33,36,38);3H2,1-2H3/p+1. The first kappa shape index (κ1) is 32.0. The fourth-order valence-corrected chi connectivity index (χ4v) is 4.76. The fraction of sp³-hybridized carbons (Fsp3) is 0.344. The highest BCUT2D eigenvalue weighted by atomic mass is 19.2. The number of allylic oxidation sites excluding steroid dienone is 3. The Bertz CT molecular complexity index is 1470. The van der Waals surface area contributed by atoms with Gasteiger partial charge in [-0.2, -0.15) is 0 Å². The van der Waals surface area contributed by atoms with Crippen LogP contribution in [-0.2, 0) is 19.1 Å². The maximum atomic E-state index is 15.1. The molecule has 0 aromatic heterocycles. The number of ether oxygens (including phenoxy) is 1. The number of rotatable bonds is 8. The van der Waals surface area contributed by atoms with E-state index in [0.29, 0.717) is 16.8 Å². The summed E-state index contributed by atoms with van der Waals surface area (Å²) < 4.78 is 36.2.